The standard InChI is InChI=1S/C19H23NO2S/c1-15-8-10-16(11-9-15)14-23-13-12-20-19(21)18(22-2)17-6-4-3-5-7-17/h3-11,18H,12-14H2,1-2H3,(H,20,21)/t18-/m1/s1. The number of thioether (sulfide) groups is 1. The molecule has 2 rings (SSSR count). The van der Waals surface area contributed by atoms with Gasteiger partial charge in [0.2, 0.25) is 0 Å². The molecule has 0 heterocycles. The molecule has 0 aromatic heterocycles. The maximum absolute atomic E-state index is 12.2. The van der Waals surface area contributed by atoms with E-state index in [0.29, 0.717) is 6.54 Å². The molecule has 3 nitrogen and oxygen atoms in total. The average Bonchev–Trinajstić information content (AvgIpc) is 2.58. The lowest BCUT2D eigenvalue weighted by Gasteiger charge is -2.15. The Labute approximate surface area is 142 Å². The number of ether oxygens (including phenoxy) is 1. The van der Waals surface area contributed by atoms with Gasteiger partial charge in [0, 0.05) is 25.2 Å². The van der Waals surface area contributed by atoms with Crippen LogP contribution in [0.15, 0.2) is 54.6 Å². The fourth-order valence-corrected chi connectivity index (χ4v) is 3.05. The van der Waals surface area contributed by atoms with Gasteiger partial charge in [-0.3, -0.25) is 4.79 Å². The second kappa shape index (κ2) is 9.38. The summed E-state index contributed by atoms with van der Waals surface area (Å²) >= 11 is 1.81. The Kier molecular flexibility index (Phi) is 7.17. The van der Waals surface area contributed by atoms with Crippen molar-refractivity contribution in [2.45, 2.75) is 18.8 Å². The van der Waals surface area contributed by atoms with Crippen molar-refractivity contribution < 1.29 is 9.53 Å². The van der Waals surface area contributed by atoms with E-state index < -0.39 is 6.10 Å². The van der Waals surface area contributed by atoms with Crippen molar-refractivity contribution >= 4 is 17.7 Å². The van der Waals surface area contributed by atoms with Crippen LogP contribution >= 0.6 is 11.8 Å². The summed E-state index contributed by atoms with van der Waals surface area (Å²) in [5.74, 6) is 1.75. The van der Waals surface area contributed by atoms with E-state index in [9.17, 15) is 4.79 Å². The summed E-state index contributed by atoms with van der Waals surface area (Å²) in [7, 11) is 1.56. The Balaban J connectivity index is 1.70. The molecule has 0 fully saturated rings. The van der Waals surface area contributed by atoms with E-state index in [1.165, 1.54) is 11.1 Å². The van der Waals surface area contributed by atoms with Crippen LogP contribution in [0.1, 0.15) is 22.8 Å². The quantitative estimate of drug-likeness (QED) is 0.750. The van der Waals surface area contributed by atoms with Crippen molar-refractivity contribution in [3.05, 3.63) is 71.3 Å². The molecular weight excluding hydrogens is 306 g/mol. The first-order valence-electron chi connectivity index (χ1n) is 7.69. The highest BCUT2D eigenvalue weighted by molar-refractivity contribution is 7.98. The summed E-state index contributed by atoms with van der Waals surface area (Å²) in [6.07, 6.45) is -0.543. The van der Waals surface area contributed by atoms with Crippen molar-refractivity contribution in [3.63, 3.8) is 0 Å². The van der Waals surface area contributed by atoms with Gasteiger partial charge >= 0.3 is 0 Å². The monoisotopic (exact) mass is 329 g/mol. The van der Waals surface area contributed by atoms with Crippen LogP contribution in [0, 0.1) is 6.92 Å². The number of carbonyl (C=O) groups excluding carboxylic acids is 1. The van der Waals surface area contributed by atoms with Crippen LogP contribution in [0.4, 0.5) is 0 Å². The van der Waals surface area contributed by atoms with Crippen LogP contribution in [0.5, 0.6) is 0 Å². The number of methoxy groups -OCH3 is 1. The van der Waals surface area contributed by atoms with Crippen molar-refractivity contribution in [2.75, 3.05) is 19.4 Å². The molecule has 122 valence electrons. The number of nitrogens with one attached hydrogen (secondary N) is 1. The highest BCUT2D eigenvalue weighted by Gasteiger charge is 2.18. The predicted octanol–water partition coefficient (Wildman–Crippen LogP) is 3.73. The van der Waals surface area contributed by atoms with Crippen LogP contribution < -0.4 is 5.32 Å². The van der Waals surface area contributed by atoms with Gasteiger partial charge in [-0.15, -0.1) is 0 Å². The van der Waals surface area contributed by atoms with Crippen LogP contribution in [-0.2, 0) is 15.3 Å². The average molecular weight is 329 g/mol. The van der Waals surface area contributed by atoms with Crippen molar-refractivity contribution in [1.82, 2.24) is 5.32 Å². The molecule has 1 N–H and O–H groups in total. The molecule has 0 spiro atoms. The van der Waals surface area contributed by atoms with Crippen LogP contribution in [0.2, 0.25) is 0 Å². The van der Waals surface area contributed by atoms with Gasteiger partial charge in [-0.05, 0) is 18.1 Å². The fourth-order valence-electron chi connectivity index (χ4n) is 2.24. The Bertz CT molecular complexity index is 599. The lowest BCUT2D eigenvalue weighted by molar-refractivity contribution is -0.131. The maximum atomic E-state index is 12.2. The molecule has 0 aliphatic carbocycles. The first-order valence-corrected chi connectivity index (χ1v) is 8.85. The highest BCUT2D eigenvalue weighted by Crippen LogP contribution is 2.16. The summed E-state index contributed by atoms with van der Waals surface area (Å²) < 4.78 is 5.32. The molecule has 2 aromatic carbocycles. The Morgan fingerprint density at radius 2 is 1.83 bits per heavy atom. The van der Waals surface area contributed by atoms with Gasteiger partial charge in [0.15, 0.2) is 6.10 Å². The molecule has 0 saturated heterocycles. The predicted molar refractivity (Wildman–Crippen MR) is 96.5 cm³/mol. The molecule has 0 aliphatic rings. The second-order valence-electron chi connectivity index (χ2n) is 5.36. The molecule has 0 saturated carbocycles. The SMILES string of the molecule is CO[C@@H](C(=O)NCCSCc1ccc(C)cc1)c1ccccc1. The molecule has 4 heteroatoms. The maximum Gasteiger partial charge on any atom is 0.253 e. The van der Waals surface area contributed by atoms with Crippen LogP contribution in [0.3, 0.4) is 0 Å². The highest BCUT2D eigenvalue weighted by atomic mass is 32.2. The number of aryl methyl sites for hydroxylation is 1. The Morgan fingerprint density at radius 1 is 1.13 bits per heavy atom. The van der Waals surface area contributed by atoms with Crippen molar-refractivity contribution in [3.8, 4) is 0 Å². The molecule has 0 bridgehead atoms. The third-order valence-electron chi connectivity index (χ3n) is 3.51. The summed E-state index contributed by atoms with van der Waals surface area (Å²) in [6, 6.07) is 18.1. The fraction of sp³-hybridized carbons (Fsp3) is 0.316. The first-order chi connectivity index (χ1) is 11.2. The van der Waals surface area contributed by atoms with Gasteiger partial charge in [-0.1, -0.05) is 60.2 Å². The Hall–Kier alpha value is -1.78. The number of amides is 1. The van der Waals surface area contributed by atoms with Crippen LogP contribution in [-0.4, -0.2) is 25.3 Å². The third kappa shape index (κ3) is 5.73. The van der Waals surface area contributed by atoms with Crippen molar-refractivity contribution in [1.29, 1.82) is 0 Å². The minimum Gasteiger partial charge on any atom is -0.367 e. The zero-order chi connectivity index (χ0) is 16.5. The van der Waals surface area contributed by atoms with Gasteiger partial charge in [-0.2, -0.15) is 11.8 Å². The number of hydrogen-bond donors (Lipinski definition) is 1. The molecule has 2 aromatic rings. The minimum atomic E-state index is -0.543. The van der Waals surface area contributed by atoms with Crippen molar-refractivity contribution in [2.24, 2.45) is 0 Å². The van der Waals surface area contributed by atoms with Gasteiger partial charge in [-0.25, -0.2) is 0 Å². The van der Waals surface area contributed by atoms with Gasteiger partial charge < -0.3 is 10.1 Å². The number of rotatable bonds is 8. The zero-order valence-corrected chi connectivity index (χ0v) is 14.4. The molecule has 23 heavy (non-hydrogen) atoms. The first kappa shape index (κ1) is 17.6. The zero-order valence-electron chi connectivity index (χ0n) is 13.6. The van der Waals surface area contributed by atoms with Gasteiger partial charge in [0.25, 0.3) is 5.91 Å². The van der Waals surface area contributed by atoms with E-state index in [4.69, 9.17) is 4.74 Å². The van der Waals surface area contributed by atoms with E-state index in [1.54, 1.807) is 7.11 Å². The third-order valence-corrected chi connectivity index (χ3v) is 4.54. The van der Waals surface area contributed by atoms with E-state index in [0.717, 1.165) is 17.1 Å². The minimum absolute atomic E-state index is 0.0883. The van der Waals surface area contributed by atoms with E-state index >= 15 is 0 Å². The van der Waals surface area contributed by atoms with Crippen LogP contribution in [0.25, 0.3) is 0 Å². The molecule has 0 radical (unpaired) electrons. The summed E-state index contributed by atoms with van der Waals surface area (Å²) in [6.45, 7) is 2.73. The topological polar surface area (TPSA) is 38.3 Å². The van der Waals surface area contributed by atoms with E-state index in [2.05, 4.69) is 36.5 Å². The summed E-state index contributed by atoms with van der Waals surface area (Å²) in [5.41, 5.74) is 3.46. The second-order valence-corrected chi connectivity index (χ2v) is 6.46. The lowest BCUT2D eigenvalue weighted by atomic mass is 10.1. The van der Waals surface area contributed by atoms with Gasteiger partial charge in [0.1, 0.15) is 0 Å². The lowest BCUT2D eigenvalue weighted by Crippen LogP contribution is -2.32. The summed E-state index contributed by atoms with van der Waals surface area (Å²) in [5, 5.41) is 2.94. The normalized spacial score (nSPS) is 11.9. The molecule has 0 aliphatic heterocycles. The number of hydrogen-bond acceptors (Lipinski definition) is 3. The smallest absolute Gasteiger partial charge is 0.253 e. The largest absolute Gasteiger partial charge is 0.367 e. The number of benzene rings is 2. The molecular formula is C19H23NO2S. The summed E-state index contributed by atoms with van der Waals surface area (Å²) in [4.78, 5) is 12.2. The number of carbonyl (C=O) groups is 1. The Morgan fingerprint density at radius 3 is 2.48 bits per heavy atom. The molecule has 1 atom stereocenters. The van der Waals surface area contributed by atoms with E-state index in [-0.39, 0.29) is 5.91 Å². The molecule has 1 amide bonds. The van der Waals surface area contributed by atoms with E-state index in [1.807, 2.05) is 42.1 Å². The van der Waals surface area contributed by atoms with Gasteiger partial charge in [0.05, 0.1) is 0 Å². The molecule has 0 unspecified atom stereocenters.